The number of thioether (sulfide) groups is 1. The number of benzene rings is 1. The molecular weight excluding hydrogens is 262 g/mol. The predicted molar refractivity (Wildman–Crippen MR) is 84.1 cm³/mol. The minimum atomic E-state index is 0.417. The van der Waals surface area contributed by atoms with Crippen LogP contribution in [0.3, 0.4) is 0 Å². The van der Waals surface area contributed by atoms with Crippen molar-refractivity contribution < 1.29 is 0 Å². The molecular formula is C15H22ClNS. The fourth-order valence-electron chi connectivity index (χ4n) is 2.31. The molecule has 0 spiro atoms. The standard InChI is InChI=1S/C15H22ClNS/c1-12-10-14(5-4-13(12)11-16)17-7-6-15(2,3)18-9-8-17/h4-5,10H,6-9,11H2,1-3H3. The summed E-state index contributed by atoms with van der Waals surface area (Å²) in [7, 11) is 0. The number of hydrogen-bond acceptors (Lipinski definition) is 2. The van der Waals surface area contributed by atoms with Crippen molar-refractivity contribution in [2.45, 2.75) is 37.8 Å². The van der Waals surface area contributed by atoms with Gasteiger partial charge in [0.1, 0.15) is 0 Å². The van der Waals surface area contributed by atoms with Gasteiger partial charge in [-0.25, -0.2) is 0 Å². The van der Waals surface area contributed by atoms with Gasteiger partial charge in [-0.3, -0.25) is 0 Å². The van der Waals surface area contributed by atoms with E-state index in [1.165, 1.54) is 29.0 Å². The zero-order valence-electron chi connectivity index (χ0n) is 11.5. The van der Waals surface area contributed by atoms with Gasteiger partial charge in [0.2, 0.25) is 0 Å². The average molecular weight is 284 g/mol. The summed E-state index contributed by atoms with van der Waals surface area (Å²) in [6.07, 6.45) is 1.24. The summed E-state index contributed by atoms with van der Waals surface area (Å²) in [5, 5.41) is 0. The minimum absolute atomic E-state index is 0.417. The largest absolute Gasteiger partial charge is 0.371 e. The molecule has 1 aromatic rings. The van der Waals surface area contributed by atoms with E-state index in [9.17, 15) is 0 Å². The van der Waals surface area contributed by atoms with Crippen molar-refractivity contribution in [1.82, 2.24) is 0 Å². The van der Waals surface area contributed by atoms with Gasteiger partial charge in [0.15, 0.2) is 0 Å². The molecule has 0 atom stereocenters. The summed E-state index contributed by atoms with van der Waals surface area (Å²) in [5.74, 6) is 1.82. The van der Waals surface area contributed by atoms with Crippen molar-refractivity contribution >= 4 is 29.1 Å². The molecule has 1 fully saturated rings. The molecule has 1 saturated heterocycles. The third kappa shape index (κ3) is 3.36. The van der Waals surface area contributed by atoms with Crippen molar-refractivity contribution in [3.63, 3.8) is 0 Å². The van der Waals surface area contributed by atoms with Crippen LogP contribution in [0.15, 0.2) is 18.2 Å². The van der Waals surface area contributed by atoms with Crippen LogP contribution in [-0.4, -0.2) is 23.6 Å². The van der Waals surface area contributed by atoms with E-state index in [1.807, 2.05) is 0 Å². The van der Waals surface area contributed by atoms with Crippen LogP contribution in [0.2, 0.25) is 0 Å². The van der Waals surface area contributed by atoms with Crippen molar-refractivity contribution in [1.29, 1.82) is 0 Å². The Labute approximate surface area is 120 Å². The SMILES string of the molecule is Cc1cc(N2CCSC(C)(C)CC2)ccc1CCl. The summed E-state index contributed by atoms with van der Waals surface area (Å²) >= 11 is 8.01. The molecule has 1 aromatic carbocycles. The van der Waals surface area contributed by atoms with Gasteiger partial charge in [0.05, 0.1) is 0 Å². The third-order valence-electron chi connectivity index (χ3n) is 3.67. The Kier molecular flexibility index (Phi) is 4.50. The molecule has 0 unspecified atom stereocenters. The van der Waals surface area contributed by atoms with Gasteiger partial charge in [-0.1, -0.05) is 19.9 Å². The van der Waals surface area contributed by atoms with E-state index in [-0.39, 0.29) is 0 Å². The molecule has 0 aromatic heterocycles. The fraction of sp³-hybridized carbons (Fsp3) is 0.600. The van der Waals surface area contributed by atoms with Crippen molar-refractivity contribution in [3.05, 3.63) is 29.3 Å². The van der Waals surface area contributed by atoms with Gasteiger partial charge in [0, 0.05) is 35.2 Å². The molecule has 0 N–H and O–H groups in total. The van der Waals surface area contributed by atoms with Gasteiger partial charge in [0.25, 0.3) is 0 Å². The van der Waals surface area contributed by atoms with Gasteiger partial charge < -0.3 is 4.90 Å². The van der Waals surface area contributed by atoms with Crippen molar-refractivity contribution in [2.24, 2.45) is 0 Å². The summed E-state index contributed by atoms with van der Waals surface area (Å²) < 4.78 is 0.417. The van der Waals surface area contributed by atoms with E-state index in [0.717, 1.165) is 13.1 Å². The molecule has 0 saturated carbocycles. The summed E-state index contributed by atoms with van der Waals surface area (Å²) in [6, 6.07) is 6.66. The maximum Gasteiger partial charge on any atom is 0.0476 e. The average Bonchev–Trinajstić information content (AvgIpc) is 2.50. The van der Waals surface area contributed by atoms with E-state index >= 15 is 0 Å². The van der Waals surface area contributed by atoms with Gasteiger partial charge >= 0.3 is 0 Å². The number of hydrogen-bond donors (Lipinski definition) is 0. The van der Waals surface area contributed by atoms with E-state index in [1.54, 1.807) is 0 Å². The lowest BCUT2D eigenvalue weighted by Gasteiger charge is -2.25. The number of rotatable bonds is 2. The van der Waals surface area contributed by atoms with Crippen LogP contribution in [0, 0.1) is 6.92 Å². The van der Waals surface area contributed by atoms with E-state index < -0.39 is 0 Å². The normalized spacial score (nSPS) is 19.7. The Bertz CT molecular complexity index is 417. The first-order valence-electron chi connectivity index (χ1n) is 6.56. The Morgan fingerprint density at radius 1 is 1.33 bits per heavy atom. The zero-order chi connectivity index (χ0) is 13.2. The van der Waals surface area contributed by atoms with Crippen molar-refractivity contribution in [3.8, 4) is 0 Å². The molecule has 100 valence electrons. The van der Waals surface area contributed by atoms with Crippen LogP contribution in [0.4, 0.5) is 5.69 Å². The maximum atomic E-state index is 5.92. The molecule has 0 bridgehead atoms. The zero-order valence-corrected chi connectivity index (χ0v) is 13.1. The van der Waals surface area contributed by atoms with Gasteiger partial charge in [-0.2, -0.15) is 11.8 Å². The first-order chi connectivity index (χ1) is 8.52. The Morgan fingerprint density at radius 3 is 2.78 bits per heavy atom. The highest BCUT2D eigenvalue weighted by atomic mass is 35.5. The quantitative estimate of drug-likeness (QED) is 0.738. The Hall–Kier alpha value is -0.340. The highest BCUT2D eigenvalue weighted by molar-refractivity contribution is 8.00. The number of halogens is 1. The van der Waals surface area contributed by atoms with Crippen LogP contribution in [-0.2, 0) is 5.88 Å². The Balaban J connectivity index is 2.14. The minimum Gasteiger partial charge on any atom is -0.371 e. The van der Waals surface area contributed by atoms with Crippen LogP contribution >= 0.6 is 23.4 Å². The molecule has 0 radical (unpaired) electrons. The highest BCUT2D eigenvalue weighted by Gasteiger charge is 2.23. The van der Waals surface area contributed by atoms with Gasteiger partial charge in [-0.15, -0.1) is 11.6 Å². The molecule has 1 aliphatic heterocycles. The fourth-order valence-corrected chi connectivity index (χ4v) is 3.70. The lowest BCUT2D eigenvalue weighted by molar-refractivity contribution is 0.637. The predicted octanol–water partition coefficient (Wildman–Crippen LogP) is 4.46. The molecule has 1 nitrogen and oxygen atoms in total. The van der Waals surface area contributed by atoms with E-state index in [0.29, 0.717) is 10.6 Å². The topological polar surface area (TPSA) is 3.24 Å². The first-order valence-corrected chi connectivity index (χ1v) is 8.08. The summed E-state index contributed by atoms with van der Waals surface area (Å²) in [5.41, 5.74) is 3.89. The first kappa shape index (κ1) is 14.1. The molecule has 0 aliphatic carbocycles. The molecule has 3 heteroatoms. The number of alkyl halides is 1. The molecule has 18 heavy (non-hydrogen) atoms. The van der Waals surface area contributed by atoms with Crippen molar-refractivity contribution in [2.75, 3.05) is 23.7 Å². The Morgan fingerprint density at radius 2 is 2.11 bits per heavy atom. The summed E-state index contributed by atoms with van der Waals surface area (Å²) in [4.78, 5) is 2.51. The van der Waals surface area contributed by atoms with Crippen LogP contribution in [0.5, 0.6) is 0 Å². The second-order valence-electron chi connectivity index (χ2n) is 5.59. The molecule has 2 rings (SSSR count). The highest BCUT2D eigenvalue weighted by Crippen LogP contribution is 2.32. The third-order valence-corrected chi connectivity index (χ3v) is 5.33. The number of anilines is 1. The smallest absolute Gasteiger partial charge is 0.0476 e. The number of nitrogens with zero attached hydrogens (tertiary/aromatic N) is 1. The van der Waals surface area contributed by atoms with Crippen LogP contribution in [0.25, 0.3) is 0 Å². The maximum absolute atomic E-state index is 5.92. The van der Waals surface area contributed by atoms with E-state index in [4.69, 9.17) is 11.6 Å². The lowest BCUT2D eigenvalue weighted by Crippen LogP contribution is -2.26. The monoisotopic (exact) mass is 283 g/mol. The lowest BCUT2D eigenvalue weighted by atomic mass is 10.1. The van der Waals surface area contributed by atoms with Crippen LogP contribution in [0.1, 0.15) is 31.4 Å². The molecule has 0 amide bonds. The second kappa shape index (κ2) is 5.75. The number of aryl methyl sites for hydroxylation is 1. The molecule has 1 heterocycles. The van der Waals surface area contributed by atoms with Gasteiger partial charge in [-0.05, 0) is 36.6 Å². The second-order valence-corrected chi connectivity index (χ2v) is 7.66. The van der Waals surface area contributed by atoms with Crippen LogP contribution < -0.4 is 4.90 Å². The molecule has 1 aliphatic rings. The summed E-state index contributed by atoms with van der Waals surface area (Å²) in [6.45, 7) is 9.15. The van der Waals surface area contributed by atoms with E-state index in [2.05, 4.69) is 55.6 Å².